The highest BCUT2D eigenvalue weighted by molar-refractivity contribution is 7.13. The van der Waals surface area contributed by atoms with E-state index in [4.69, 9.17) is 9.47 Å². The van der Waals surface area contributed by atoms with Crippen molar-refractivity contribution in [3.8, 4) is 11.3 Å². The Labute approximate surface area is 213 Å². The van der Waals surface area contributed by atoms with Gasteiger partial charge in [-0.25, -0.2) is 4.98 Å². The number of ether oxygens (including phenoxy) is 2. The lowest BCUT2D eigenvalue weighted by Crippen LogP contribution is -2.29. The van der Waals surface area contributed by atoms with Crippen LogP contribution in [0.3, 0.4) is 0 Å². The minimum absolute atomic E-state index is 0.127. The molecule has 0 saturated carbocycles. The first-order valence-electron chi connectivity index (χ1n) is 11.1. The molecule has 1 N–H and O–H groups in total. The number of benzene rings is 2. The molecule has 2 aromatic carbocycles. The van der Waals surface area contributed by atoms with E-state index in [1.165, 1.54) is 32.5 Å². The van der Waals surface area contributed by atoms with Gasteiger partial charge < -0.3 is 19.7 Å². The number of nitrogens with zero attached hydrogens (tertiary/aromatic N) is 4. The zero-order valence-corrected chi connectivity index (χ0v) is 21.1. The Bertz CT molecular complexity index is 1210. The summed E-state index contributed by atoms with van der Waals surface area (Å²) in [7, 11) is 2.64. The Morgan fingerprint density at radius 2 is 1.64 bits per heavy atom. The smallest absolute Gasteiger partial charge is 0.307 e. The van der Waals surface area contributed by atoms with Gasteiger partial charge in [-0.2, -0.15) is 0 Å². The number of hydrogen-bond acceptors (Lipinski definition) is 10. The molecule has 11 heteroatoms. The van der Waals surface area contributed by atoms with Crippen molar-refractivity contribution in [3.63, 3.8) is 0 Å². The summed E-state index contributed by atoms with van der Waals surface area (Å²) in [6.07, 6.45) is 0.255. The first kappa shape index (κ1) is 26.5. The third-order valence-corrected chi connectivity index (χ3v) is 5.81. The Balaban J connectivity index is 1.85. The number of aromatic nitrogens is 1. The second kappa shape index (κ2) is 13.1. The molecule has 1 amide bonds. The molecule has 0 spiro atoms. The van der Waals surface area contributed by atoms with Crippen molar-refractivity contribution >= 4 is 51.4 Å². The maximum Gasteiger partial charge on any atom is 0.307 e. The fourth-order valence-corrected chi connectivity index (χ4v) is 3.92. The Morgan fingerprint density at radius 1 is 0.972 bits per heavy atom. The third-order valence-electron chi connectivity index (χ3n) is 5.09. The molecule has 3 aromatic rings. The first-order valence-corrected chi connectivity index (χ1v) is 12.0. The lowest BCUT2D eigenvalue weighted by atomic mass is 10.2. The minimum Gasteiger partial charge on any atom is -0.469 e. The summed E-state index contributed by atoms with van der Waals surface area (Å²) in [4.78, 5) is 41.6. The molecular formula is C25H27N5O5S. The molecule has 1 heterocycles. The molecule has 0 aliphatic carbocycles. The maximum atomic E-state index is 11.9. The molecule has 0 atom stereocenters. The second-order valence-corrected chi connectivity index (χ2v) is 8.44. The van der Waals surface area contributed by atoms with E-state index >= 15 is 0 Å². The predicted molar refractivity (Wildman–Crippen MR) is 138 cm³/mol. The van der Waals surface area contributed by atoms with Crippen LogP contribution in [-0.4, -0.2) is 50.1 Å². The summed E-state index contributed by atoms with van der Waals surface area (Å²) in [6, 6.07) is 15.0. The fourth-order valence-electron chi connectivity index (χ4n) is 3.27. The van der Waals surface area contributed by atoms with Crippen LogP contribution in [-0.2, 0) is 23.9 Å². The second-order valence-electron chi connectivity index (χ2n) is 7.60. The number of nitrogens with one attached hydrogen (secondary N) is 1. The van der Waals surface area contributed by atoms with Crippen molar-refractivity contribution in [1.82, 2.24) is 4.98 Å². The third kappa shape index (κ3) is 7.70. The lowest BCUT2D eigenvalue weighted by molar-refractivity contribution is -0.140. The summed E-state index contributed by atoms with van der Waals surface area (Å²) in [5, 5.41) is 13.7. The van der Waals surface area contributed by atoms with Crippen molar-refractivity contribution in [2.24, 2.45) is 10.2 Å². The quantitative estimate of drug-likeness (QED) is 0.281. The number of thiazole rings is 1. The number of carbonyl (C=O) groups excluding carboxylic acids is 3. The zero-order chi connectivity index (χ0) is 25.9. The summed E-state index contributed by atoms with van der Waals surface area (Å²) in [5.74, 6) is -1.02. The largest absolute Gasteiger partial charge is 0.469 e. The Morgan fingerprint density at radius 3 is 2.25 bits per heavy atom. The number of amides is 1. The minimum atomic E-state index is -0.371. The maximum absolute atomic E-state index is 11.9. The highest BCUT2D eigenvalue weighted by Gasteiger charge is 2.15. The van der Waals surface area contributed by atoms with E-state index in [0.29, 0.717) is 35.3 Å². The van der Waals surface area contributed by atoms with E-state index in [1.54, 1.807) is 18.2 Å². The van der Waals surface area contributed by atoms with E-state index in [-0.39, 0.29) is 30.7 Å². The van der Waals surface area contributed by atoms with Crippen molar-refractivity contribution < 1.29 is 23.9 Å². The van der Waals surface area contributed by atoms with Crippen LogP contribution < -0.4 is 10.2 Å². The number of azo groups is 1. The molecule has 36 heavy (non-hydrogen) atoms. The van der Waals surface area contributed by atoms with E-state index in [0.717, 1.165) is 11.3 Å². The number of esters is 2. The summed E-state index contributed by atoms with van der Waals surface area (Å²) < 4.78 is 9.47. The Hall–Kier alpha value is -4.12. The summed E-state index contributed by atoms with van der Waals surface area (Å²) >= 11 is 1.36. The lowest BCUT2D eigenvalue weighted by Gasteiger charge is -2.25. The first-order chi connectivity index (χ1) is 17.4. The van der Waals surface area contributed by atoms with E-state index in [2.05, 4.69) is 20.5 Å². The molecule has 0 radical (unpaired) electrons. The number of rotatable bonds is 11. The van der Waals surface area contributed by atoms with Gasteiger partial charge in [0.15, 0.2) is 0 Å². The molecule has 0 aliphatic heterocycles. The fraction of sp³-hybridized carbons (Fsp3) is 0.280. The van der Waals surface area contributed by atoms with Crippen LogP contribution in [0.15, 0.2) is 64.1 Å². The van der Waals surface area contributed by atoms with Gasteiger partial charge in [-0.15, -0.1) is 21.6 Å². The molecule has 0 saturated heterocycles. The normalized spacial score (nSPS) is 10.8. The van der Waals surface area contributed by atoms with Crippen LogP contribution in [0.2, 0.25) is 0 Å². The van der Waals surface area contributed by atoms with Gasteiger partial charge in [0.1, 0.15) is 5.69 Å². The van der Waals surface area contributed by atoms with Crippen LogP contribution in [0.5, 0.6) is 0 Å². The number of hydrogen-bond donors (Lipinski definition) is 1. The van der Waals surface area contributed by atoms with E-state index in [9.17, 15) is 14.4 Å². The van der Waals surface area contributed by atoms with Gasteiger partial charge >= 0.3 is 11.9 Å². The molecule has 1 aromatic heterocycles. The van der Waals surface area contributed by atoms with Crippen molar-refractivity contribution in [2.75, 3.05) is 37.5 Å². The monoisotopic (exact) mass is 509 g/mol. The van der Waals surface area contributed by atoms with Crippen molar-refractivity contribution in [2.45, 2.75) is 19.8 Å². The molecule has 0 aliphatic rings. The molecule has 0 unspecified atom stereocenters. The van der Waals surface area contributed by atoms with Crippen molar-refractivity contribution in [3.05, 3.63) is 53.9 Å². The van der Waals surface area contributed by atoms with Crippen LogP contribution in [0.1, 0.15) is 19.8 Å². The molecule has 0 fully saturated rings. The standard InChI is InChI=1S/C25H27N5O5S/c1-17(31)26-21-15-19(30(13-11-23(32)34-2)14-12-24(33)35-3)9-10-20(21)28-29-25-27-22(16-36-25)18-7-5-4-6-8-18/h4-10,15-16H,11-14H2,1-3H3,(H,26,31). The zero-order valence-electron chi connectivity index (χ0n) is 20.3. The topological polar surface area (TPSA) is 123 Å². The SMILES string of the molecule is COC(=O)CCN(CCC(=O)OC)c1ccc(N=Nc2nc(-c3ccccc3)cs2)c(NC(C)=O)c1. The average molecular weight is 510 g/mol. The van der Waals surface area contributed by atoms with E-state index < -0.39 is 0 Å². The van der Waals surface area contributed by atoms with Crippen LogP contribution in [0.4, 0.5) is 22.2 Å². The van der Waals surface area contributed by atoms with Gasteiger partial charge in [0.05, 0.1) is 38.4 Å². The molecule has 10 nitrogen and oxygen atoms in total. The average Bonchev–Trinajstić information content (AvgIpc) is 3.37. The van der Waals surface area contributed by atoms with Gasteiger partial charge in [-0.05, 0) is 18.2 Å². The van der Waals surface area contributed by atoms with Crippen LogP contribution >= 0.6 is 11.3 Å². The van der Waals surface area contributed by atoms with Crippen LogP contribution in [0.25, 0.3) is 11.3 Å². The van der Waals surface area contributed by atoms with Crippen molar-refractivity contribution in [1.29, 1.82) is 0 Å². The molecule has 3 rings (SSSR count). The predicted octanol–water partition coefficient (Wildman–Crippen LogP) is 5.12. The summed E-state index contributed by atoms with van der Waals surface area (Å²) in [6.45, 7) is 2.02. The van der Waals surface area contributed by atoms with Gasteiger partial charge in [0.2, 0.25) is 11.0 Å². The van der Waals surface area contributed by atoms with Gasteiger partial charge in [0, 0.05) is 36.6 Å². The molecular weight excluding hydrogens is 482 g/mol. The Kier molecular flexibility index (Phi) is 9.64. The molecule has 0 bridgehead atoms. The number of anilines is 2. The highest BCUT2D eigenvalue weighted by Crippen LogP contribution is 2.33. The van der Waals surface area contributed by atoms with Gasteiger partial charge in [-0.1, -0.05) is 30.3 Å². The van der Waals surface area contributed by atoms with Gasteiger partial charge in [0.25, 0.3) is 0 Å². The molecule has 188 valence electrons. The van der Waals surface area contributed by atoms with Gasteiger partial charge in [-0.3, -0.25) is 14.4 Å². The number of carbonyl (C=O) groups is 3. The van der Waals surface area contributed by atoms with E-state index in [1.807, 2.05) is 40.6 Å². The highest BCUT2D eigenvalue weighted by atomic mass is 32.1. The summed E-state index contributed by atoms with van der Waals surface area (Å²) in [5.41, 5.74) is 3.35. The van der Waals surface area contributed by atoms with Crippen LogP contribution in [0, 0.1) is 0 Å². The number of methoxy groups -OCH3 is 2.